The molecule has 1 atom stereocenters. The molecule has 18 heavy (non-hydrogen) atoms. The Morgan fingerprint density at radius 1 is 1.39 bits per heavy atom. The third-order valence-electron chi connectivity index (χ3n) is 3.25. The van der Waals surface area contributed by atoms with Crippen LogP contribution in [0.4, 0.5) is 11.5 Å². The van der Waals surface area contributed by atoms with E-state index in [9.17, 15) is 0 Å². The molecule has 0 aliphatic carbocycles. The Kier molecular flexibility index (Phi) is 3.89. The highest BCUT2D eigenvalue weighted by Gasteiger charge is 2.23. The van der Waals surface area contributed by atoms with E-state index in [4.69, 9.17) is 10.5 Å². The minimum absolute atomic E-state index is 0.0637. The minimum atomic E-state index is 0.0637. The van der Waals surface area contributed by atoms with Crippen LogP contribution in [-0.4, -0.2) is 28.7 Å². The number of nitrogens with zero attached hydrogens (tertiary/aromatic N) is 3. The molecular formula is C13H22N4O. The third kappa shape index (κ3) is 2.66. The van der Waals surface area contributed by atoms with Crippen molar-refractivity contribution in [2.75, 3.05) is 17.2 Å². The van der Waals surface area contributed by atoms with Crippen LogP contribution < -0.4 is 15.4 Å². The summed E-state index contributed by atoms with van der Waals surface area (Å²) in [5, 5.41) is 0. The molecule has 1 aromatic rings. The zero-order chi connectivity index (χ0) is 13.1. The van der Waals surface area contributed by atoms with Crippen LogP contribution in [0.5, 0.6) is 5.88 Å². The second kappa shape index (κ2) is 5.42. The SMILES string of the molecule is CC(C)Oc1ncnc(N2CCCCC2C)c1N. The van der Waals surface area contributed by atoms with E-state index in [1.807, 2.05) is 13.8 Å². The maximum absolute atomic E-state index is 6.13. The van der Waals surface area contributed by atoms with E-state index in [0.717, 1.165) is 12.4 Å². The molecular weight excluding hydrogens is 228 g/mol. The van der Waals surface area contributed by atoms with E-state index >= 15 is 0 Å². The lowest BCUT2D eigenvalue weighted by Gasteiger charge is -2.35. The molecule has 1 saturated heterocycles. The Hall–Kier alpha value is -1.52. The number of hydrogen-bond acceptors (Lipinski definition) is 5. The van der Waals surface area contributed by atoms with Gasteiger partial charge >= 0.3 is 0 Å². The number of ether oxygens (including phenoxy) is 1. The van der Waals surface area contributed by atoms with E-state index in [1.165, 1.54) is 25.6 Å². The van der Waals surface area contributed by atoms with Gasteiger partial charge in [-0.05, 0) is 40.0 Å². The Labute approximate surface area is 108 Å². The topological polar surface area (TPSA) is 64.3 Å². The van der Waals surface area contributed by atoms with Gasteiger partial charge < -0.3 is 15.4 Å². The molecule has 2 N–H and O–H groups in total. The molecule has 0 spiro atoms. The van der Waals surface area contributed by atoms with Gasteiger partial charge in [0, 0.05) is 12.6 Å². The molecule has 0 bridgehead atoms. The second-order valence-electron chi connectivity index (χ2n) is 5.12. The van der Waals surface area contributed by atoms with Gasteiger partial charge in [-0.1, -0.05) is 0 Å². The van der Waals surface area contributed by atoms with Crippen molar-refractivity contribution in [3.8, 4) is 5.88 Å². The van der Waals surface area contributed by atoms with Gasteiger partial charge in [0.05, 0.1) is 6.10 Å². The molecule has 0 saturated carbocycles. The van der Waals surface area contributed by atoms with Crippen LogP contribution in [0.2, 0.25) is 0 Å². The summed E-state index contributed by atoms with van der Waals surface area (Å²) in [5.41, 5.74) is 6.69. The predicted molar refractivity (Wildman–Crippen MR) is 72.9 cm³/mol. The van der Waals surface area contributed by atoms with Crippen molar-refractivity contribution in [1.82, 2.24) is 9.97 Å². The fourth-order valence-corrected chi connectivity index (χ4v) is 2.33. The van der Waals surface area contributed by atoms with Gasteiger partial charge in [-0.2, -0.15) is 4.98 Å². The zero-order valence-electron chi connectivity index (χ0n) is 11.4. The minimum Gasteiger partial charge on any atom is -0.473 e. The van der Waals surface area contributed by atoms with Crippen LogP contribution in [0.3, 0.4) is 0 Å². The molecule has 0 aromatic carbocycles. The lowest BCUT2D eigenvalue weighted by molar-refractivity contribution is 0.234. The van der Waals surface area contributed by atoms with Gasteiger partial charge in [0.15, 0.2) is 5.82 Å². The summed E-state index contributed by atoms with van der Waals surface area (Å²) in [5.74, 6) is 1.31. The number of nitrogens with two attached hydrogens (primary N) is 1. The smallest absolute Gasteiger partial charge is 0.242 e. The molecule has 1 aliphatic rings. The number of aromatic nitrogens is 2. The van der Waals surface area contributed by atoms with Gasteiger partial charge in [0.1, 0.15) is 12.0 Å². The van der Waals surface area contributed by atoms with Crippen molar-refractivity contribution in [2.45, 2.75) is 52.2 Å². The van der Waals surface area contributed by atoms with Gasteiger partial charge in [-0.15, -0.1) is 0 Å². The molecule has 5 nitrogen and oxygen atoms in total. The maximum atomic E-state index is 6.13. The Bertz CT molecular complexity index is 408. The third-order valence-corrected chi connectivity index (χ3v) is 3.25. The highest BCUT2D eigenvalue weighted by atomic mass is 16.5. The summed E-state index contributed by atoms with van der Waals surface area (Å²) in [6.45, 7) is 7.14. The fourth-order valence-electron chi connectivity index (χ4n) is 2.33. The van der Waals surface area contributed by atoms with E-state index in [1.54, 1.807) is 0 Å². The Morgan fingerprint density at radius 2 is 2.17 bits per heavy atom. The van der Waals surface area contributed by atoms with Crippen LogP contribution in [0.15, 0.2) is 6.33 Å². The van der Waals surface area contributed by atoms with E-state index in [-0.39, 0.29) is 6.10 Å². The summed E-state index contributed by atoms with van der Waals surface area (Å²) in [4.78, 5) is 10.7. The molecule has 100 valence electrons. The summed E-state index contributed by atoms with van der Waals surface area (Å²) < 4.78 is 5.61. The predicted octanol–water partition coefficient (Wildman–Crippen LogP) is 2.22. The largest absolute Gasteiger partial charge is 0.473 e. The molecule has 5 heteroatoms. The summed E-state index contributed by atoms with van der Waals surface area (Å²) in [6.07, 6.45) is 5.24. The van der Waals surface area contributed by atoms with Crippen LogP contribution in [0.25, 0.3) is 0 Å². The van der Waals surface area contributed by atoms with Crippen molar-refractivity contribution in [3.63, 3.8) is 0 Å². The monoisotopic (exact) mass is 250 g/mol. The van der Waals surface area contributed by atoms with Crippen molar-refractivity contribution < 1.29 is 4.74 Å². The van der Waals surface area contributed by atoms with Crippen molar-refractivity contribution in [2.24, 2.45) is 0 Å². The van der Waals surface area contributed by atoms with Crippen LogP contribution >= 0.6 is 0 Å². The average molecular weight is 250 g/mol. The molecule has 2 heterocycles. The van der Waals surface area contributed by atoms with E-state index < -0.39 is 0 Å². The highest BCUT2D eigenvalue weighted by Crippen LogP contribution is 2.32. The van der Waals surface area contributed by atoms with Gasteiger partial charge in [0.2, 0.25) is 5.88 Å². The molecule has 1 fully saturated rings. The van der Waals surface area contributed by atoms with Crippen LogP contribution in [0, 0.1) is 0 Å². The van der Waals surface area contributed by atoms with E-state index in [0.29, 0.717) is 17.6 Å². The summed E-state index contributed by atoms with van der Waals surface area (Å²) in [6, 6.07) is 0.475. The lowest BCUT2D eigenvalue weighted by Crippen LogP contribution is -2.38. The number of rotatable bonds is 3. The van der Waals surface area contributed by atoms with Crippen molar-refractivity contribution >= 4 is 11.5 Å². The number of hydrogen-bond donors (Lipinski definition) is 1. The molecule has 0 amide bonds. The second-order valence-corrected chi connectivity index (χ2v) is 5.12. The first-order valence-electron chi connectivity index (χ1n) is 6.63. The van der Waals surface area contributed by atoms with E-state index in [2.05, 4.69) is 21.8 Å². The lowest BCUT2D eigenvalue weighted by atomic mass is 10.0. The number of nitrogen functional groups attached to an aromatic ring is 1. The highest BCUT2D eigenvalue weighted by molar-refractivity contribution is 5.68. The van der Waals surface area contributed by atoms with Crippen molar-refractivity contribution in [3.05, 3.63) is 6.33 Å². The molecule has 1 unspecified atom stereocenters. The Morgan fingerprint density at radius 3 is 2.83 bits per heavy atom. The first-order chi connectivity index (χ1) is 8.59. The van der Waals surface area contributed by atoms with Crippen molar-refractivity contribution in [1.29, 1.82) is 0 Å². The first-order valence-corrected chi connectivity index (χ1v) is 6.63. The average Bonchev–Trinajstić information content (AvgIpc) is 2.32. The summed E-state index contributed by atoms with van der Waals surface area (Å²) in [7, 11) is 0. The standard InChI is InChI=1S/C13H22N4O/c1-9(2)18-13-11(14)12(15-8-16-13)17-7-5-4-6-10(17)3/h8-10H,4-7,14H2,1-3H3. The molecule has 1 aromatic heterocycles. The quantitative estimate of drug-likeness (QED) is 0.891. The maximum Gasteiger partial charge on any atom is 0.242 e. The van der Waals surface area contributed by atoms with Crippen LogP contribution in [0.1, 0.15) is 40.0 Å². The number of anilines is 2. The number of piperidine rings is 1. The van der Waals surface area contributed by atoms with Gasteiger partial charge in [0.25, 0.3) is 0 Å². The van der Waals surface area contributed by atoms with Gasteiger partial charge in [-0.25, -0.2) is 4.98 Å². The first kappa shape index (κ1) is 12.9. The fraction of sp³-hybridized carbons (Fsp3) is 0.692. The van der Waals surface area contributed by atoms with Gasteiger partial charge in [-0.3, -0.25) is 0 Å². The molecule has 1 aliphatic heterocycles. The zero-order valence-corrected chi connectivity index (χ0v) is 11.4. The summed E-state index contributed by atoms with van der Waals surface area (Å²) >= 11 is 0. The molecule has 2 rings (SSSR count). The molecule has 0 radical (unpaired) electrons. The van der Waals surface area contributed by atoms with Crippen LogP contribution in [-0.2, 0) is 0 Å². The Balaban J connectivity index is 2.27. The normalized spacial score (nSPS) is 20.2.